The first-order valence-electron chi connectivity index (χ1n) is 7.75. The fraction of sp³-hybridized carbons (Fsp3) is 0.562. The minimum absolute atomic E-state index is 0.0109. The minimum atomic E-state index is -0.648. The lowest BCUT2D eigenvalue weighted by molar-refractivity contribution is -0.0255. The molecule has 0 heterocycles. The molecule has 0 aliphatic heterocycles. The van der Waals surface area contributed by atoms with E-state index in [9.17, 15) is 4.79 Å². The number of amides is 1. The molecule has 0 aromatic heterocycles. The molecule has 0 fully saturated rings. The summed E-state index contributed by atoms with van der Waals surface area (Å²) in [4.78, 5) is 16.3. The number of hydrogen-bond donors (Lipinski definition) is 2. The number of benzene rings is 1. The van der Waals surface area contributed by atoms with E-state index in [1.54, 1.807) is 0 Å². The van der Waals surface area contributed by atoms with Crippen LogP contribution in [0, 0.1) is 0 Å². The van der Waals surface area contributed by atoms with Crippen molar-refractivity contribution in [3.05, 3.63) is 35.9 Å². The summed E-state index contributed by atoms with van der Waals surface area (Å²) in [5, 5.41) is 8.49. The monoisotopic (exact) mass is 343 g/mol. The van der Waals surface area contributed by atoms with E-state index in [1.165, 1.54) is 0 Å². The standard InChI is InChI=1S/C16H25NO7/c18-6-7-20-8-9-21-10-11-22-12-13-24-17-16(19)23-14-15-4-2-1-3-5-15/h1-5,18H,6-14H2,(H,17,19). The zero-order valence-corrected chi connectivity index (χ0v) is 13.6. The summed E-state index contributed by atoms with van der Waals surface area (Å²) < 4.78 is 20.5. The van der Waals surface area contributed by atoms with Crippen molar-refractivity contribution >= 4 is 6.09 Å². The Morgan fingerprint density at radius 3 is 2.08 bits per heavy atom. The van der Waals surface area contributed by atoms with Gasteiger partial charge in [0.15, 0.2) is 0 Å². The molecule has 1 rings (SSSR count). The van der Waals surface area contributed by atoms with Gasteiger partial charge in [0.1, 0.15) is 6.61 Å². The highest BCUT2D eigenvalue weighted by molar-refractivity contribution is 5.65. The van der Waals surface area contributed by atoms with E-state index in [-0.39, 0.29) is 19.8 Å². The highest BCUT2D eigenvalue weighted by atomic mass is 16.7. The van der Waals surface area contributed by atoms with Crippen molar-refractivity contribution in [3.8, 4) is 0 Å². The Hall–Kier alpha value is -1.71. The molecule has 0 unspecified atom stereocenters. The molecule has 136 valence electrons. The maximum Gasteiger partial charge on any atom is 0.431 e. The first kappa shape index (κ1) is 20.3. The van der Waals surface area contributed by atoms with Gasteiger partial charge in [0.2, 0.25) is 0 Å². The molecule has 8 nitrogen and oxygen atoms in total. The lowest BCUT2D eigenvalue weighted by Gasteiger charge is -2.08. The fourth-order valence-corrected chi connectivity index (χ4v) is 1.57. The number of aliphatic hydroxyl groups is 1. The third kappa shape index (κ3) is 11.8. The third-order valence-corrected chi connectivity index (χ3v) is 2.68. The minimum Gasteiger partial charge on any atom is -0.443 e. The van der Waals surface area contributed by atoms with Crippen molar-refractivity contribution in [2.45, 2.75) is 6.61 Å². The zero-order valence-electron chi connectivity index (χ0n) is 13.6. The molecule has 1 aromatic rings. The molecule has 0 saturated heterocycles. The Labute approximate surface area is 141 Å². The SMILES string of the molecule is O=C(NOCCOCCOCCOCCO)OCc1ccccc1. The fourth-order valence-electron chi connectivity index (χ4n) is 1.57. The smallest absolute Gasteiger partial charge is 0.431 e. The van der Waals surface area contributed by atoms with Crippen LogP contribution in [0.4, 0.5) is 4.79 Å². The average Bonchev–Trinajstić information content (AvgIpc) is 2.62. The van der Waals surface area contributed by atoms with Crippen LogP contribution in [-0.4, -0.2) is 64.1 Å². The second-order valence-corrected chi connectivity index (χ2v) is 4.57. The quantitative estimate of drug-likeness (QED) is 0.382. The van der Waals surface area contributed by atoms with Gasteiger partial charge in [-0.15, -0.1) is 0 Å². The molecule has 0 bridgehead atoms. The van der Waals surface area contributed by atoms with Crippen LogP contribution in [0.2, 0.25) is 0 Å². The van der Waals surface area contributed by atoms with Gasteiger partial charge in [0.05, 0.1) is 52.9 Å². The molecule has 2 N–H and O–H groups in total. The largest absolute Gasteiger partial charge is 0.443 e. The van der Waals surface area contributed by atoms with Crippen LogP contribution in [-0.2, 0) is 30.4 Å². The van der Waals surface area contributed by atoms with Crippen LogP contribution in [0.25, 0.3) is 0 Å². The van der Waals surface area contributed by atoms with Gasteiger partial charge >= 0.3 is 6.09 Å². The van der Waals surface area contributed by atoms with E-state index in [0.29, 0.717) is 39.6 Å². The van der Waals surface area contributed by atoms with Crippen LogP contribution < -0.4 is 5.48 Å². The number of ether oxygens (including phenoxy) is 4. The number of hydrogen-bond acceptors (Lipinski definition) is 7. The molecule has 0 spiro atoms. The van der Waals surface area contributed by atoms with Gasteiger partial charge in [-0.25, -0.2) is 4.79 Å². The number of aliphatic hydroxyl groups excluding tert-OH is 1. The normalized spacial score (nSPS) is 10.5. The molecule has 24 heavy (non-hydrogen) atoms. The summed E-state index contributed by atoms with van der Waals surface area (Å²) in [6, 6.07) is 9.36. The van der Waals surface area contributed by atoms with Gasteiger partial charge in [-0.3, -0.25) is 4.84 Å². The third-order valence-electron chi connectivity index (χ3n) is 2.68. The van der Waals surface area contributed by atoms with E-state index in [4.69, 9.17) is 28.9 Å². The summed E-state index contributed by atoms with van der Waals surface area (Å²) in [7, 11) is 0. The number of carbonyl (C=O) groups excluding carboxylic acids is 1. The van der Waals surface area contributed by atoms with E-state index in [1.807, 2.05) is 30.3 Å². The van der Waals surface area contributed by atoms with Crippen molar-refractivity contribution in [3.63, 3.8) is 0 Å². The molecule has 8 heteroatoms. The number of carbonyl (C=O) groups is 1. The summed E-state index contributed by atoms with van der Waals surface area (Å²) in [6.07, 6.45) is -0.648. The van der Waals surface area contributed by atoms with Crippen molar-refractivity contribution in [1.82, 2.24) is 5.48 Å². The molecule has 1 amide bonds. The van der Waals surface area contributed by atoms with Crippen LogP contribution >= 0.6 is 0 Å². The van der Waals surface area contributed by atoms with Gasteiger partial charge in [-0.1, -0.05) is 30.3 Å². The lowest BCUT2D eigenvalue weighted by Crippen LogP contribution is -2.26. The summed E-state index contributed by atoms with van der Waals surface area (Å²) in [5.41, 5.74) is 3.08. The predicted molar refractivity (Wildman–Crippen MR) is 85.3 cm³/mol. The Morgan fingerprint density at radius 2 is 1.46 bits per heavy atom. The first-order chi connectivity index (χ1) is 11.8. The van der Waals surface area contributed by atoms with Gasteiger partial charge in [-0.2, -0.15) is 5.48 Å². The van der Waals surface area contributed by atoms with Crippen molar-refractivity contribution in [2.75, 3.05) is 52.9 Å². The summed E-state index contributed by atoms with van der Waals surface area (Å²) in [5.74, 6) is 0. The van der Waals surface area contributed by atoms with Gasteiger partial charge in [0, 0.05) is 0 Å². The topological polar surface area (TPSA) is 95.5 Å². The molecule has 0 radical (unpaired) electrons. The molecular formula is C16H25NO7. The van der Waals surface area contributed by atoms with Crippen molar-refractivity contribution in [2.24, 2.45) is 0 Å². The average molecular weight is 343 g/mol. The molecule has 0 saturated carbocycles. The molecule has 0 aliphatic carbocycles. The lowest BCUT2D eigenvalue weighted by atomic mass is 10.2. The van der Waals surface area contributed by atoms with Crippen LogP contribution in [0.5, 0.6) is 0 Å². The number of nitrogens with one attached hydrogen (secondary N) is 1. The van der Waals surface area contributed by atoms with Crippen molar-refractivity contribution in [1.29, 1.82) is 0 Å². The van der Waals surface area contributed by atoms with E-state index in [0.717, 1.165) is 5.56 Å². The summed E-state index contributed by atoms with van der Waals surface area (Å²) in [6.45, 7) is 2.80. The molecule has 0 atom stereocenters. The first-order valence-corrected chi connectivity index (χ1v) is 7.75. The maximum atomic E-state index is 11.4. The molecular weight excluding hydrogens is 318 g/mol. The number of hydroxylamine groups is 1. The highest BCUT2D eigenvalue weighted by Gasteiger charge is 2.02. The Morgan fingerprint density at radius 1 is 0.875 bits per heavy atom. The second kappa shape index (κ2) is 14.9. The van der Waals surface area contributed by atoms with Crippen molar-refractivity contribution < 1.29 is 33.7 Å². The van der Waals surface area contributed by atoms with E-state index >= 15 is 0 Å². The van der Waals surface area contributed by atoms with Gasteiger partial charge in [0.25, 0.3) is 0 Å². The zero-order chi connectivity index (χ0) is 17.3. The van der Waals surface area contributed by atoms with Crippen LogP contribution in [0.3, 0.4) is 0 Å². The van der Waals surface area contributed by atoms with Crippen LogP contribution in [0.1, 0.15) is 5.56 Å². The second-order valence-electron chi connectivity index (χ2n) is 4.57. The maximum absolute atomic E-state index is 11.4. The Bertz CT molecular complexity index is 416. The van der Waals surface area contributed by atoms with Crippen LogP contribution in [0.15, 0.2) is 30.3 Å². The highest BCUT2D eigenvalue weighted by Crippen LogP contribution is 2.00. The Kier molecular flexibility index (Phi) is 12.6. The molecule has 0 aliphatic rings. The Balaban J connectivity index is 1.82. The predicted octanol–water partition coefficient (Wildman–Crippen LogP) is 0.887. The van der Waals surface area contributed by atoms with Gasteiger partial charge in [-0.05, 0) is 5.56 Å². The summed E-state index contributed by atoms with van der Waals surface area (Å²) >= 11 is 0. The van der Waals surface area contributed by atoms with Gasteiger partial charge < -0.3 is 24.1 Å². The van der Waals surface area contributed by atoms with E-state index in [2.05, 4.69) is 5.48 Å². The van der Waals surface area contributed by atoms with E-state index < -0.39 is 6.09 Å². The molecule has 1 aromatic carbocycles. The number of rotatable bonds is 14.